The normalized spacial score (nSPS) is 17.9. The number of thiazole rings is 1. The molecule has 1 N–H and O–H groups in total. The van der Waals surface area contributed by atoms with E-state index in [1.54, 1.807) is 23.7 Å². The minimum Gasteiger partial charge on any atom is -0.482 e. The first kappa shape index (κ1) is 20.0. The third-order valence-corrected chi connectivity index (χ3v) is 6.80. The van der Waals surface area contributed by atoms with Crippen LogP contribution in [0.25, 0.3) is 11.3 Å². The molecule has 3 heterocycles. The average Bonchev–Trinajstić information content (AvgIpc) is 3.17. The van der Waals surface area contributed by atoms with E-state index in [-0.39, 0.29) is 12.5 Å². The summed E-state index contributed by atoms with van der Waals surface area (Å²) in [5, 5.41) is 5.11. The number of benzene rings is 1. The number of ether oxygens (including phenoxy) is 1. The van der Waals surface area contributed by atoms with Crippen LogP contribution in [0.15, 0.2) is 53.1 Å². The second kappa shape index (κ2) is 9.06. The molecule has 1 amide bonds. The predicted molar refractivity (Wildman–Crippen MR) is 123 cm³/mol. The third-order valence-electron chi connectivity index (χ3n) is 5.96. The Morgan fingerprint density at radius 1 is 1.13 bits per heavy atom. The molecule has 7 heteroatoms. The Morgan fingerprint density at radius 3 is 2.77 bits per heavy atom. The van der Waals surface area contributed by atoms with Gasteiger partial charge in [0.1, 0.15) is 5.75 Å². The topological polar surface area (TPSA) is 68.5 Å². The number of amides is 1. The van der Waals surface area contributed by atoms with Crippen molar-refractivity contribution in [2.75, 3.05) is 11.9 Å². The van der Waals surface area contributed by atoms with Crippen molar-refractivity contribution in [1.29, 1.82) is 0 Å². The number of carbonyl (C=O) groups is 1. The molecule has 0 unspecified atom stereocenters. The van der Waals surface area contributed by atoms with Crippen LogP contribution >= 0.6 is 11.3 Å². The van der Waals surface area contributed by atoms with Crippen LogP contribution in [0, 0.1) is 0 Å². The summed E-state index contributed by atoms with van der Waals surface area (Å²) in [7, 11) is 0. The van der Waals surface area contributed by atoms with Crippen LogP contribution in [0.5, 0.6) is 5.75 Å². The molecular weight excluding hydrogens is 408 g/mol. The molecule has 0 spiro atoms. The molecule has 1 aromatic carbocycles. The van der Waals surface area contributed by atoms with Crippen LogP contribution in [0.4, 0.5) is 11.4 Å². The smallest absolute Gasteiger partial charge is 0.262 e. The number of nitrogens with one attached hydrogen (secondary N) is 1. The summed E-state index contributed by atoms with van der Waals surface area (Å²) in [6, 6.07) is 10.4. The molecule has 5 rings (SSSR count). The van der Waals surface area contributed by atoms with Crippen LogP contribution in [0.2, 0.25) is 0 Å². The SMILES string of the molecule is O=C1COc2ccc(-c3csc(=Nc4cccnc4)n3C3CCCCCCC3)cc2N1. The van der Waals surface area contributed by atoms with Crippen LogP contribution in [0.3, 0.4) is 0 Å². The summed E-state index contributed by atoms with van der Waals surface area (Å²) in [6.45, 7) is 0.0704. The molecule has 160 valence electrons. The zero-order chi connectivity index (χ0) is 21.0. The van der Waals surface area contributed by atoms with Crippen molar-refractivity contribution >= 4 is 28.6 Å². The van der Waals surface area contributed by atoms with Crippen LogP contribution in [-0.2, 0) is 4.79 Å². The maximum atomic E-state index is 11.8. The van der Waals surface area contributed by atoms with E-state index in [1.165, 1.54) is 32.1 Å². The molecule has 0 atom stereocenters. The Labute approximate surface area is 185 Å². The fourth-order valence-corrected chi connectivity index (χ4v) is 5.42. The van der Waals surface area contributed by atoms with Crippen molar-refractivity contribution < 1.29 is 9.53 Å². The number of hydrogen-bond acceptors (Lipinski definition) is 5. The van der Waals surface area contributed by atoms with E-state index in [9.17, 15) is 4.79 Å². The number of hydrogen-bond donors (Lipinski definition) is 1. The Bertz CT molecular complexity index is 1130. The van der Waals surface area contributed by atoms with Crippen LogP contribution in [0.1, 0.15) is 51.0 Å². The van der Waals surface area contributed by atoms with Gasteiger partial charge in [0.15, 0.2) is 11.4 Å². The van der Waals surface area contributed by atoms with Crippen molar-refractivity contribution in [2.45, 2.75) is 51.0 Å². The fraction of sp³-hybridized carbons (Fsp3) is 0.375. The minimum atomic E-state index is -0.116. The van der Waals surface area contributed by atoms with E-state index in [2.05, 4.69) is 26.3 Å². The first-order chi connectivity index (χ1) is 15.3. The van der Waals surface area contributed by atoms with Gasteiger partial charge in [0.25, 0.3) is 5.91 Å². The van der Waals surface area contributed by atoms with Gasteiger partial charge in [-0.2, -0.15) is 0 Å². The van der Waals surface area contributed by atoms with E-state index in [0.29, 0.717) is 6.04 Å². The maximum Gasteiger partial charge on any atom is 0.262 e. The van der Waals surface area contributed by atoms with Crippen molar-refractivity contribution in [3.8, 4) is 17.0 Å². The standard InChI is InChI=1S/C24H26N4O2S/c29-23-15-30-22-11-10-17(13-20(22)27-23)21-16-31-24(26-18-7-6-12-25-14-18)28(21)19-8-4-2-1-3-5-9-19/h6-7,10-14,16,19H,1-5,8-9,15H2,(H,27,29). The zero-order valence-electron chi connectivity index (χ0n) is 17.4. The number of carbonyl (C=O) groups excluding carboxylic acids is 1. The lowest BCUT2D eigenvalue weighted by molar-refractivity contribution is -0.118. The molecule has 0 saturated heterocycles. The summed E-state index contributed by atoms with van der Waals surface area (Å²) >= 11 is 1.66. The van der Waals surface area contributed by atoms with Gasteiger partial charge in [-0.05, 0) is 43.2 Å². The molecule has 31 heavy (non-hydrogen) atoms. The number of nitrogens with zero attached hydrogens (tertiary/aromatic N) is 3. The van der Waals surface area contributed by atoms with Gasteiger partial charge in [-0.25, -0.2) is 4.99 Å². The van der Waals surface area contributed by atoms with Gasteiger partial charge in [0, 0.05) is 23.2 Å². The van der Waals surface area contributed by atoms with Gasteiger partial charge in [-0.15, -0.1) is 11.3 Å². The summed E-state index contributed by atoms with van der Waals surface area (Å²) in [5.41, 5.74) is 3.80. The van der Waals surface area contributed by atoms with E-state index in [1.807, 2.05) is 24.3 Å². The zero-order valence-corrected chi connectivity index (χ0v) is 18.2. The molecule has 6 nitrogen and oxygen atoms in total. The summed E-state index contributed by atoms with van der Waals surface area (Å²) in [5.74, 6) is 0.603. The van der Waals surface area contributed by atoms with E-state index < -0.39 is 0 Å². The maximum absolute atomic E-state index is 11.8. The Kier molecular flexibility index (Phi) is 5.84. The highest BCUT2D eigenvalue weighted by atomic mass is 32.1. The van der Waals surface area contributed by atoms with Crippen molar-refractivity contribution in [1.82, 2.24) is 9.55 Å². The first-order valence-electron chi connectivity index (χ1n) is 11.0. The second-order valence-corrected chi connectivity index (χ2v) is 8.98. The molecule has 1 fully saturated rings. The number of aromatic nitrogens is 2. The Balaban J connectivity index is 1.61. The van der Waals surface area contributed by atoms with Gasteiger partial charge >= 0.3 is 0 Å². The Hall–Kier alpha value is -2.93. The number of anilines is 1. The van der Waals surface area contributed by atoms with E-state index in [0.717, 1.165) is 46.0 Å². The number of rotatable bonds is 3. The van der Waals surface area contributed by atoms with Gasteiger partial charge < -0.3 is 14.6 Å². The highest BCUT2D eigenvalue weighted by Gasteiger charge is 2.21. The lowest BCUT2D eigenvalue weighted by atomic mass is 9.96. The predicted octanol–water partition coefficient (Wildman–Crippen LogP) is 5.46. The lowest BCUT2D eigenvalue weighted by Crippen LogP contribution is -2.25. The average molecular weight is 435 g/mol. The van der Waals surface area contributed by atoms with Crippen molar-refractivity contribution in [3.63, 3.8) is 0 Å². The molecule has 1 aliphatic heterocycles. The molecular formula is C24H26N4O2S. The molecule has 1 aliphatic carbocycles. The van der Waals surface area contributed by atoms with Crippen molar-refractivity contribution in [2.24, 2.45) is 4.99 Å². The van der Waals surface area contributed by atoms with Crippen molar-refractivity contribution in [3.05, 3.63) is 52.9 Å². The number of pyridine rings is 1. The third kappa shape index (κ3) is 4.42. The summed E-state index contributed by atoms with van der Waals surface area (Å²) in [6.07, 6.45) is 12.3. The van der Waals surface area contributed by atoms with Gasteiger partial charge in [-0.1, -0.05) is 32.1 Å². The summed E-state index contributed by atoms with van der Waals surface area (Å²) < 4.78 is 7.96. The fourth-order valence-electron chi connectivity index (χ4n) is 4.43. The lowest BCUT2D eigenvalue weighted by Gasteiger charge is -2.24. The largest absolute Gasteiger partial charge is 0.482 e. The van der Waals surface area contributed by atoms with Crippen LogP contribution < -0.4 is 14.9 Å². The van der Waals surface area contributed by atoms with E-state index >= 15 is 0 Å². The first-order valence-corrected chi connectivity index (χ1v) is 11.9. The van der Waals surface area contributed by atoms with E-state index in [4.69, 9.17) is 9.73 Å². The van der Waals surface area contributed by atoms with Gasteiger partial charge in [-0.3, -0.25) is 9.78 Å². The number of fused-ring (bicyclic) bond motifs is 1. The Morgan fingerprint density at radius 2 is 1.97 bits per heavy atom. The molecule has 3 aromatic rings. The second-order valence-electron chi connectivity index (χ2n) is 8.14. The van der Waals surface area contributed by atoms with Gasteiger partial charge in [0.05, 0.1) is 23.3 Å². The molecule has 1 saturated carbocycles. The van der Waals surface area contributed by atoms with Gasteiger partial charge in [0.2, 0.25) is 0 Å². The molecule has 2 aliphatic rings. The highest BCUT2D eigenvalue weighted by Crippen LogP contribution is 2.36. The minimum absolute atomic E-state index is 0.0704. The quantitative estimate of drug-likeness (QED) is 0.595. The molecule has 0 bridgehead atoms. The highest BCUT2D eigenvalue weighted by molar-refractivity contribution is 7.07. The van der Waals surface area contributed by atoms with Crippen LogP contribution in [-0.4, -0.2) is 22.1 Å². The monoisotopic (exact) mass is 434 g/mol. The molecule has 0 radical (unpaired) electrons. The summed E-state index contributed by atoms with van der Waals surface area (Å²) in [4.78, 5) is 22.0. The molecule has 2 aromatic heterocycles.